The van der Waals surface area contributed by atoms with Crippen molar-refractivity contribution in [2.75, 3.05) is 0 Å². The van der Waals surface area contributed by atoms with E-state index >= 15 is 0 Å². The first-order valence-corrected chi connectivity index (χ1v) is 5.35. The number of thiophene rings is 1. The van der Waals surface area contributed by atoms with Crippen molar-refractivity contribution in [3.63, 3.8) is 0 Å². The lowest BCUT2D eigenvalue weighted by molar-refractivity contribution is 0.981. The highest BCUT2D eigenvalue weighted by atomic mass is 32.1. The molecule has 2 aromatic heterocycles. The van der Waals surface area contributed by atoms with Crippen molar-refractivity contribution in [1.82, 2.24) is 9.55 Å². The van der Waals surface area contributed by atoms with Crippen molar-refractivity contribution in [2.45, 2.75) is 13.8 Å². The lowest BCUT2D eigenvalue weighted by Crippen LogP contribution is -1.95. The SMILES string of the molecule is Cc1cscc1-n1c(C)c[nH]c1=S. The molecule has 0 radical (unpaired) electrons. The minimum Gasteiger partial charge on any atom is -0.337 e. The highest BCUT2D eigenvalue weighted by molar-refractivity contribution is 7.71. The Labute approximate surface area is 85.9 Å². The van der Waals surface area contributed by atoms with Gasteiger partial charge < -0.3 is 4.98 Å². The number of aromatic amines is 1. The van der Waals surface area contributed by atoms with E-state index in [1.807, 2.05) is 13.1 Å². The van der Waals surface area contributed by atoms with Crippen LogP contribution in [0.25, 0.3) is 5.69 Å². The maximum Gasteiger partial charge on any atom is 0.182 e. The second-order valence-corrected chi connectivity index (χ2v) is 4.14. The number of hydrogen-bond donors (Lipinski definition) is 1. The van der Waals surface area contributed by atoms with Crippen LogP contribution in [0.15, 0.2) is 17.0 Å². The molecule has 0 saturated heterocycles. The van der Waals surface area contributed by atoms with Crippen LogP contribution < -0.4 is 0 Å². The summed E-state index contributed by atoms with van der Waals surface area (Å²) in [6, 6.07) is 0. The van der Waals surface area contributed by atoms with E-state index in [0.29, 0.717) is 0 Å². The van der Waals surface area contributed by atoms with E-state index in [1.165, 1.54) is 11.3 Å². The Morgan fingerprint density at radius 3 is 2.62 bits per heavy atom. The third-order valence-electron chi connectivity index (χ3n) is 2.03. The zero-order valence-corrected chi connectivity index (χ0v) is 9.13. The minimum absolute atomic E-state index is 0.763. The molecule has 0 unspecified atom stereocenters. The van der Waals surface area contributed by atoms with Crippen LogP contribution >= 0.6 is 23.6 Å². The van der Waals surface area contributed by atoms with Crippen LogP contribution in [-0.4, -0.2) is 9.55 Å². The largest absolute Gasteiger partial charge is 0.337 e. The maximum atomic E-state index is 5.19. The Morgan fingerprint density at radius 1 is 1.38 bits per heavy atom. The molecule has 0 aliphatic heterocycles. The quantitative estimate of drug-likeness (QED) is 0.717. The summed E-state index contributed by atoms with van der Waals surface area (Å²) in [6.07, 6.45) is 1.93. The fourth-order valence-corrected chi connectivity index (χ4v) is 2.45. The molecule has 0 aromatic carbocycles. The van der Waals surface area contributed by atoms with Crippen molar-refractivity contribution < 1.29 is 0 Å². The molecule has 0 atom stereocenters. The summed E-state index contributed by atoms with van der Waals surface area (Å²) in [7, 11) is 0. The predicted molar refractivity (Wildman–Crippen MR) is 58.3 cm³/mol. The second kappa shape index (κ2) is 3.12. The number of nitrogens with zero attached hydrogens (tertiary/aromatic N) is 1. The average molecular weight is 210 g/mol. The molecule has 0 bridgehead atoms. The van der Waals surface area contributed by atoms with Gasteiger partial charge in [-0.1, -0.05) is 0 Å². The summed E-state index contributed by atoms with van der Waals surface area (Å²) in [5, 5.41) is 4.25. The van der Waals surface area contributed by atoms with E-state index in [2.05, 4.69) is 27.2 Å². The first-order valence-electron chi connectivity index (χ1n) is 4.00. The van der Waals surface area contributed by atoms with Crippen LogP contribution in [0.4, 0.5) is 0 Å². The Bertz CT molecular complexity index is 476. The highest BCUT2D eigenvalue weighted by Gasteiger charge is 2.05. The van der Waals surface area contributed by atoms with Crippen LogP contribution in [0.3, 0.4) is 0 Å². The van der Waals surface area contributed by atoms with Crippen LogP contribution in [-0.2, 0) is 0 Å². The molecule has 4 heteroatoms. The molecule has 2 rings (SSSR count). The van der Waals surface area contributed by atoms with Gasteiger partial charge in [-0.25, -0.2) is 0 Å². The molecule has 0 aliphatic carbocycles. The van der Waals surface area contributed by atoms with Gasteiger partial charge >= 0.3 is 0 Å². The van der Waals surface area contributed by atoms with Gasteiger partial charge in [-0.15, -0.1) is 11.3 Å². The average Bonchev–Trinajstić information content (AvgIpc) is 2.60. The fraction of sp³-hybridized carbons (Fsp3) is 0.222. The van der Waals surface area contributed by atoms with Gasteiger partial charge in [0, 0.05) is 17.3 Å². The Hall–Kier alpha value is -0.870. The van der Waals surface area contributed by atoms with E-state index in [0.717, 1.165) is 10.5 Å². The fourth-order valence-electron chi connectivity index (χ4n) is 1.34. The molecular formula is C9H10N2S2. The molecular weight excluding hydrogens is 200 g/mol. The number of imidazole rings is 1. The smallest absolute Gasteiger partial charge is 0.182 e. The van der Waals surface area contributed by atoms with Gasteiger partial charge in [-0.2, -0.15) is 0 Å². The highest BCUT2D eigenvalue weighted by Crippen LogP contribution is 2.20. The maximum absolute atomic E-state index is 5.19. The number of H-pyrrole nitrogens is 1. The third kappa shape index (κ3) is 1.36. The van der Waals surface area contributed by atoms with Crippen LogP contribution in [0, 0.1) is 18.6 Å². The standard InChI is InChI=1S/C9H10N2S2/c1-6-4-13-5-8(6)11-7(2)3-10-9(11)12/h3-5H,1-2H3,(H,10,12). The summed E-state index contributed by atoms with van der Waals surface area (Å²) in [6.45, 7) is 4.14. The van der Waals surface area contributed by atoms with Gasteiger partial charge in [0.25, 0.3) is 0 Å². The van der Waals surface area contributed by atoms with E-state index in [-0.39, 0.29) is 0 Å². The van der Waals surface area contributed by atoms with Gasteiger partial charge in [-0.05, 0) is 37.0 Å². The Morgan fingerprint density at radius 2 is 2.15 bits per heavy atom. The topological polar surface area (TPSA) is 20.7 Å². The van der Waals surface area contributed by atoms with Crippen molar-refractivity contribution >= 4 is 23.6 Å². The predicted octanol–water partition coefficient (Wildman–Crippen LogP) is 3.21. The molecule has 68 valence electrons. The third-order valence-corrected chi connectivity index (χ3v) is 3.18. The molecule has 2 nitrogen and oxygen atoms in total. The molecule has 0 fully saturated rings. The van der Waals surface area contributed by atoms with Crippen LogP contribution in [0.1, 0.15) is 11.3 Å². The summed E-state index contributed by atoms with van der Waals surface area (Å²) < 4.78 is 2.82. The van der Waals surface area contributed by atoms with E-state index in [1.54, 1.807) is 11.3 Å². The molecule has 2 heterocycles. The van der Waals surface area contributed by atoms with Gasteiger partial charge in [0.1, 0.15) is 0 Å². The lowest BCUT2D eigenvalue weighted by Gasteiger charge is -2.03. The van der Waals surface area contributed by atoms with Gasteiger partial charge in [0.15, 0.2) is 4.77 Å². The first kappa shape index (κ1) is 8.72. The summed E-state index contributed by atoms with van der Waals surface area (Å²) in [5.74, 6) is 0. The Kier molecular flexibility index (Phi) is 2.09. The summed E-state index contributed by atoms with van der Waals surface area (Å²) >= 11 is 6.89. The van der Waals surface area contributed by atoms with Crippen molar-refractivity contribution in [1.29, 1.82) is 0 Å². The molecule has 0 spiro atoms. The number of hydrogen-bond acceptors (Lipinski definition) is 2. The summed E-state index contributed by atoms with van der Waals surface area (Å²) in [4.78, 5) is 3.03. The molecule has 0 amide bonds. The van der Waals surface area contributed by atoms with E-state index < -0.39 is 0 Å². The zero-order chi connectivity index (χ0) is 9.42. The van der Waals surface area contributed by atoms with E-state index in [9.17, 15) is 0 Å². The van der Waals surface area contributed by atoms with Crippen molar-refractivity contribution in [3.05, 3.63) is 33.0 Å². The van der Waals surface area contributed by atoms with Crippen molar-refractivity contribution in [2.24, 2.45) is 0 Å². The number of rotatable bonds is 1. The second-order valence-electron chi connectivity index (χ2n) is 3.01. The Balaban J connectivity index is 2.71. The van der Waals surface area contributed by atoms with Gasteiger partial charge in [0.05, 0.1) is 5.69 Å². The van der Waals surface area contributed by atoms with E-state index in [4.69, 9.17) is 12.2 Å². The van der Waals surface area contributed by atoms with Gasteiger partial charge in [-0.3, -0.25) is 4.57 Å². The minimum atomic E-state index is 0.763. The zero-order valence-electron chi connectivity index (χ0n) is 7.50. The number of nitrogens with one attached hydrogen (secondary N) is 1. The molecule has 0 aliphatic rings. The lowest BCUT2D eigenvalue weighted by atomic mass is 10.3. The normalized spacial score (nSPS) is 10.6. The monoisotopic (exact) mass is 210 g/mol. The van der Waals surface area contributed by atoms with Crippen molar-refractivity contribution in [3.8, 4) is 5.69 Å². The molecule has 1 N–H and O–H groups in total. The number of aromatic nitrogens is 2. The van der Waals surface area contributed by atoms with Crippen LogP contribution in [0.5, 0.6) is 0 Å². The molecule has 13 heavy (non-hydrogen) atoms. The first-order chi connectivity index (χ1) is 6.20. The molecule has 0 saturated carbocycles. The summed E-state index contributed by atoms with van der Waals surface area (Å²) in [5.41, 5.74) is 3.60. The van der Waals surface area contributed by atoms with Gasteiger partial charge in [0.2, 0.25) is 0 Å². The number of aryl methyl sites for hydroxylation is 2. The van der Waals surface area contributed by atoms with Crippen LogP contribution in [0.2, 0.25) is 0 Å². The molecule has 2 aromatic rings.